The standard InChI is InChI=1S/C9H15N3O/c1-4-12(3)9-10-7(2)5-8(6-13)11-9/h5,13H,4,6H2,1-3H3. The fourth-order valence-corrected chi connectivity index (χ4v) is 1.01. The van der Waals surface area contributed by atoms with Crippen LogP contribution in [0.25, 0.3) is 0 Å². The summed E-state index contributed by atoms with van der Waals surface area (Å²) in [5, 5.41) is 8.93. The Morgan fingerprint density at radius 1 is 1.46 bits per heavy atom. The van der Waals surface area contributed by atoms with Gasteiger partial charge in [-0.2, -0.15) is 0 Å². The van der Waals surface area contributed by atoms with Gasteiger partial charge in [0.1, 0.15) is 0 Å². The number of aromatic nitrogens is 2. The van der Waals surface area contributed by atoms with Gasteiger partial charge in [-0.3, -0.25) is 0 Å². The minimum atomic E-state index is -0.0338. The van der Waals surface area contributed by atoms with Crippen LogP contribution >= 0.6 is 0 Å². The van der Waals surface area contributed by atoms with Crippen LogP contribution in [0.15, 0.2) is 6.07 Å². The van der Waals surface area contributed by atoms with E-state index in [1.165, 1.54) is 0 Å². The van der Waals surface area contributed by atoms with Crippen LogP contribution in [-0.4, -0.2) is 28.7 Å². The number of rotatable bonds is 3. The zero-order valence-corrected chi connectivity index (χ0v) is 8.28. The molecule has 0 amide bonds. The second kappa shape index (κ2) is 4.18. The van der Waals surface area contributed by atoms with Gasteiger partial charge in [-0.1, -0.05) is 0 Å². The lowest BCUT2D eigenvalue weighted by Gasteiger charge is -2.15. The summed E-state index contributed by atoms with van der Waals surface area (Å²) < 4.78 is 0. The molecule has 0 radical (unpaired) electrons. The van der Waals surface area contributed by atoms with Crippen LogP contribution in [-0.2, 0) is 6.61 Å². The van der Waals surface area contributed by atoms with E-state index < -0.39 is 0 Å². The highest BCUT2D eigenvalue weighted by Gasteiger charge is 2.04. The molecule has 0 atom stereocenters. The van der Waals surface area contributed by atoms with E-state index in [4.69, 9.17) is 5.11 Å². The molecular weight excluding hydrogens is 166 g/mol. The van der Waals surface area contributed by atoms with Crippen LogP contribution < -0.4 is 4.90 Å². The molecule has 1 rings (SSSR count). The molecule has 0 aliphatic heterocycles. The fraction of sp³-hybridized carbons (Fsp3) is 0.556. The summed E-state index contributed by atoms with van der Waals surface area (Å²) in [4.78, 5) is 10.4. The highest BCUT2D eigenvalue weighted by atomic mass is 16.3. The molecule has 0 spiro atoms. The number of aliphatic hydroxyl groups excluding tert-OH is 1. The Morgan fingerprint density at radius 2 is 2.15 bits per heavy atom. The number of aryl methyl sites for hydroxylation is 1. The van der Waals surface area contributed by atoms with Crippen LogP contribution in [0.2, 0.25) is 0 Å². The van der Waals surface area contributed by atoms with Gasteiger partial charge in [0.15, 0.2) is 0 Å². The van der Waals surface area contributed by atoms with E-state index in [1.54, 1.807) is 6.07 Å². The third kappa shape index (κ3) is 2.39. The molecule has 0 bridgehead atoms. The molecular formula is C9H15N3O. The number of anilines is 1. The SMILES string of the molecule is CCN(C)c1nc(C)cc(CO)n1. The zero-order valence-electron chi connectivity index (χ0n) is 8.28. The van der Waals surface area contributed by atoms with Crippen LogP contribution in [0.1, 0.15) is 18.3 Å². The molecule has 0 aliphatic carbocycles. The maximum Gasteiger partial charge on any atom is 0.225 e. The third-order valence-electron chi connectivity index (χ3n) is 1.87. The quantitative estimate of drug-likeness (QED) is 0.747. The first-order chi connectivity index (χ1) is 6.17. The smallest absolute Gasteiger partial charge is 0.225 e. The van der Waals surface area contributed by atoms with Crippen molar-refractivity contribution in [3.8, 4) is 0 Å². The summed E-state index contributed by atoms with van der Waals surface area (Å²) in [7, 11) is 1.93. The van der Waals surface area contributed by atoms with Gasteiger partial charge in [-0.05, 0) is 19.9 Å². The van der Waals surface area contributed by atoms with Crippen molar-refractivity contribution in [2.24, 2.45) is 0 Å². The average molecular weight is 181 g/mol. The topological polar surface area (TPSA) is 49.2 Å². The molecule has 0 aliphatic rings. The summed E-state index contributed by atoms with van der Waals surface area (Å²) in [6.07, 6.45) is 0. The van der Waals surface area contributed by atoms with Crippen molar-refractivity contribution < 1.29 is 5.11 Å². The summed E-state index contributed by atoms with van der Waals surface area (Å²) in [5.74, 6) is 0.673. The number of hydrogen-bond acceptors (Lipinski definition) is 4. The Bertz CT molecular complexity index is 288. The number of nitrogens with zero attached hydrogens (tertiary/aromatic N) is 3. The Hall–Kier alpha value is -1.16. The summed E-state index contributed by atoms with van der Waals surface area (Å²) in [6.45, 7) is 4.75. The van der Waals surface area contributed by atoms with Gasteiger partial charge in [-0.15, -0.1) is 0 Å². The molecule has 1 heterocycles. The molecule has 72 valence electrons. The molecule has 0 fully saturated rings. The Labute approximate surface area is 78.2 Å². The lowest BCUT2D eigenvalue weighted by molar-refractivity contribution is 0.276. The van der Waals surface area contributed by atoms with Gasteiger partial charge >= 0.3 is 0 Å². The summed E-state index contributed by atoms with van der Waals surface area (Å²) in [6, 6.07) is 1.78. The van der Waals surface area contributed by atoms with E-state index in [-0.39, 0.29) is 6.61 Å². The Kier molecular flexibility index (Phi) is 3.19. The largest absolute Gasteiger partial charge is 0.390 e. The highest BCUT2D eigenvalue weighted by Crippen LogP contribution is 2.08. The second-order valence-electron chi connectivity index (χ2n) is 2.97. The van der Waals surface area contributed by atoms with Gasteiger partial charge in [0.05, 0.1) is 12.3 Å². The highest BCUT2D eigenvalue weighted by molar-refractivity contribution is 5.30. The van der Waals surface area contributed by atoms with Gasteiger partial charge < -0.3 is 10.0 Å². The first kappa shape index (κ1) is 9.92. The minimum absolute atomic E-state index is 0.0338. The average Bonchev–Trinajstić information content (AvgIpc) is 2.15. The van der Waals surface area contributed by atoms with E-state index in [0.29, 0.717) is 11.6 Å². The molecule has 4 heteroatoms. The minimum Gasteiger partial charge on any atom is -0.390 e. The van der Waals surface area contributed by atoms with Crippen molar-refractivity contribution in [2.75, 3.05) is 18.5 Å². The molecule has 1 aromatic heterocycles. The summed E-state index contributed by atoms with van der Waals surface area (Å²) >= 11 is 0. The zero-order chi connectivity index (χ0) is 9.84. The molecule has 1 aromatic rings. The Morgan fingerprint density at radius 3 is 2.69 bits per heavy atom. The van der Waals surface area contributed by atoms with E-state index in [2.05, 4.69) is 9.97 Å². The van der Waals surface area contributed by atoms with E-state index in [0.717, 1.165) is 12.2 Å². The molecule has 1 N–H and O–H groups in total. The molecule has 0 saturated carbocycles. The molecule has 0 unspecified atom stereocenters. The predicted octanol–water partition coefficient (Wildman–Crippen LogP) is 0.733. The third-order valence-corrected chi connectivity index (χ3v) is 1.87. The monoisotopic (exact) mass is 181 g/mol. The van der Waals surface area contributed by atoms with Gasteiger partial charge in [-0.25, -0.2) is 9.97 Å². The van der Waals surface area contributed by atoms with E-state index in [9.17, 15) is 0 Å². The van der Waals surface area contributed by atoms with Gasteiger partial charge in [0.25, 0.3) is 0 Å². The first-order valence-electron chi connectivity index (χ1n) is 4.34. The lowest BCUT2D eigenvalue weighted by atomic mass is 10.3. The second-order valence-corrected chi connectivity index (χ2v) is 2.97. The van der Waals surface area contributed by atoms with Crippen molar-refractivity contribution in [2.45, 2.75) is 20.5 Å². The van der Waals surface area contributed by atoms with Crippen molar-refractivity contribution in [1.29, 1.82) is 0 Å². The first-order valence-corrected chi connectivity index (χ1v) is 4.34. The van der Waals surface area contributed by atoms with Crippen molar-refractivity contribution in [3.05, 3.63) is 17.5 Å². The van der Waals surface area contributed by atoms with Gasteiger partial charge in [0, 0.05) is 19.3 Å². The Balaban J connectivity index is 3.01. The van der Waals surface area contributed by atoms with Crippen molar-refractivity contribution >= 4 is 5.95 Å². The molecule has 4 nitrogen and oxygen atoms in total. The van der Waals surface area contributed by atoms with E-state index in [1.807, 2.05) is 25.8 Å². The predicted molar refractivity (Wildman–Crippen MR) is 51.6 cm³/mol. The maximum absolute atomic E-state index is 8.93. The van der Waals surface area contributed by atoms with Crippen LogP contribution in [0.3, 0.4) is 0 Å². The normalized spacial score (nSPS) is 10.2. The van der Waals surface area contributed by atoms with Crippen LogP contribution in [0.4, 0.5) is 5.95 Å². The van der Waals surface area contributed by atoms with Crippen LogP contribution in [0, 0.1) is 6.92 Å². The lowest BCUT2D eigenvalue weighted by Crippen LogP contribution is -2.19. The van der Waals surface area contributed by atoms with Crippen LogP contribution in [0.5, 0.6) is 0 Å². The number of hydrogen-bond donors (Lipinski definition) is 1. The number of aliphatic hydroxyl groups is 1. The molecule has 13 heavy (non-hydrogen) atoms. The van der Waals surface area contributed by atoms with Crippen molar-refractivity contribution in [1.82, 2.24) is 9.97 Å². The summed E-state index contributed by atoms with van der Waals surface area (Å²) in [5.41, 5.74) is 1.55. The van der Waals surface area contributed by atoms with Crippen molar-refractivity contribution in [3.63, 3.8) is 0 Å². The molecule has 0 aromatic carbocycles. The maximum atomic E-state index is 8.93. The van der Waals surface area contributed by atoms with E-state index >= 15 is 0 Å². The molecule has 0 saturated heterocycles. The fourth-order valence-electron chi connectivity index (χ4n) is 1.01. The van der Waals surface area contributed by atoms with Gasteiger partial charge in [0.2, 0.25) is 5.95 Å².